The number of rotatable bonds is 8. The zero-order valence-corrected chi connectivity index (χ0v) is 12.1. The van der Waals surface area contributed by atoms with Crippen LogP contribution in [-0.2, 0) is 6.54 Å². The second kappa shape index (κ2) is 12.2. The van der Waals surface area contributed by atoms with Gasteiger partial charge >= 0.3 is 5.97 Å². The third-order valence-corrected chi connectivity index (χ3v) is 2.33. The van der Waals surface area contributed by atoms with Crippen LogP contribution in [-0.4, -0.2) is 42.4 Å². The van der Waals surface area contributed by atoms with Gasteiger partial charge in [0, 0.05) is 26.2 Å². The third-order valence-electron chi connectivity index (χ3n) is 2.33. The maximum atomic E-state index is 10.9. The van der Waals surface area contributed by atoms with Crippen LogP contribution in [0.1, 0.15) is 15.9 Å². The Morgan fingerprint density at radius 2 is 1.68 bits per heavy atom. The van der Waals surface area contributed by atoms with E-state index >= 15 is 0 Å². The Hall–Kier alpha value is -0.850. The molecule has 0 fully saturated rings. The molecule has 0 atom stereocenters. The average Bonchev–Trinajstić information content (AvgIpc) is 2.34. The predicted octanol–water partition coefficient (Wildman–Crippen LogP) is 0.900. The van der Waals surface area contributed by atoms with Crippen molar-refractivity contribution in [1.82, 2.24) is 10.6 Å². The largest absolute Gasteiger partial charge is 0.478 e. The summed E-state index contributed by atoms with van der Waals surface area (Å²) in [7, 11) is 0. The van der Waals surface area contributed by atoms with Gasteiger partial charge in [-0.2, -0.15) is 0 Å². The zero-order chi connectivity index (χ0) is 12.5. The smallest absolute Gasteiger partial charge is 0.336 e. The molecule has 0 saturated heterocycles. The molecule has 0 saturated carbocycles. The van der Waals surface area contributed by atoms with Crippen LogP contribution in [0.3, 0.4) is 0 Å². The Labute approximate surface area is 125 Å². The van der Waals surface area contributed by atoms with Gasteiger partial charge in [-0.05, 0) is 11.6 Å². The third kappa shape index (κ3) is 8.02. The molecule has 110 valence electrons. The van der Waals surface area contributed by atoms with Gasteiger partial charge in [0.2, 0.25) is 0 Å². The molecule has 19 heavy (non-hydrogen) atoms. The Balaban J connectivity index is 0. The first-order valence-corrected chi connectivity index (χ1v) is 5.59. The number of carboxylic acid groups (broad SMARTS) is 1. The van der Waals surface area contributed by atoms with Gasteiger partial charge in [0.1, 0.15) is 0 Å². The molecule has 7 heteroatoms. The van der Waals surface area contributed by atoms with Gasteiger partial charge < -0.3 is 20.8 Å². The van der Waals surface area contributed by atoms with Gasteiger partial charge in [0.15, 0.2) is 0 Å². The number of aliphatic hydroxyl groups is 1. The molecule has 0 aromatic heterocycles. The second-order valence-corrected chi connectivity index (χ2v) is 3.61. The van der Waals surface area contributed by atoms with E-state index in [1.54, 1.807) is 18.2 Å². The van der Waals surface area contributed by atoms with E-state index in [-0.39, 0.29) is 31.4 Å². The molecule has 1 rings (SSSR count). The number of carboxylic acids is 1. The van der Waals surface area contributed by atoms with Crippen molar-refractivity contribution in [2.24, 2.45) is 0 Å². The van der Waals surface area contributed by atoms with Crippen LogP contribution in [0.5, 0.6) is 0 Å². The number of aromatic carboxylic acids is 1. The number of nitrogens with one attached hydrogen (secondary N) is 2. The molecule has 0 unspecified atom stereocenters. The van der Waals surface area contributed by atoms with Crippen molar-refractivity contribution in [2.45, 2.75) is 6.54 Å². The van der Waals surface area contributed by atoms with E-state index in [1.807, 2.05) is 6.07 Å². The van der Waals surface area contributed by atoms with Crippen LogP contribution in [0.4, 0.5) is 0 Å². The molecule has 1 aromatic carbocycles. The molecule has 0 radical (unpaired) electrons. The summed E-state index contributed by atoms with van der Waals surface area (Å²) >= 11 is 0. The van der Waals surface area contributed by atoms with Crippen LogP contribution in [0.2, 0.25) is 0 Å². The highest BCUT2D eigenvalue weighted by atomic mass is 35.5. The Morgan fingerprint density at radius 1 is 1.05 bits per heavy atom. The van der Waals surface area contributed by atoms with Gasteiger partial charge in [0.05, 0.1) is 12.2 Å². The molecule has 4 N–H and O–H groups in total. The molecule has 5 nitrogen and oxygen atoms in total. The van der Waals surface area contributed by atoms with E-state index in [4.69, 9.17) is 10.2 Å². The number of hydrogen-bond acceptors (Lipinski definition) is 4. The summed E-state index contributed by atoms with van der Waals surface area (Å²) in [5.41, 5.74) is 1.12. The first-order chi connectivity index (χ1) is 8.25. The van der Waals surface area contributed by atoms with Crippen LogP contribution in [0.15, 0.2) is 24.3 Å². The Bertz CT molecular complexity index is 365. The van der Waals surface area contributed by atoms with Crippen LogP contribution < -0.4 is 10.6 Å². The second-order valence-electron chi connectivity index (χ2n) is 3.61. The van der Waals surface area contributed by atoms with Gasteiger partial charge in [-0.3, -0.25) is 0 Å². The minimum Gasteiger partial charge on any atom is -0.478 e. The highest BCUT2D eigenvalue weighted by Crippen LogP contribution is 2.07. The lowest BCUT2D eigenvalue weighted by Crippen LogP contribution is -2.29. The fourth-order valence-corrected chi connectivity index (χ4v) is 1.49. The molecule has 0 heterocycles. The van der Waals surface area contributed by atoms with Crippen molar-refractivity contribution in [3.63, 3.8) is 0 Å². The number of aliphatic hydroxyl groups excluding tert-OH is 1. The summed E-state index contributed by atoms with van der Waals surface area (Å²) < 4.78 is 0. The summed E-state index contributed by atoms with van der Waals surface area (Å²) in [6, 6.07) is 6.95. The fourth-order valence-electron chi connectivity index (χ4n) is 1.49. The minimum absolute atomic E-state index is 0. The van der Waals surface area contributed by atoms with E-state index in [9.17, 15) is 4.79 Å². The SMILES string of the molecule is Cl.Cl.O=C(O)c1ccccc1CNCCNCCO. The number of carbonyl (C=O) groups is 1. The van der Waals surface area contributed by atoms with Crippen molar-refractivity contribution in [2.75, 3.05) is 26.2 Å². The summed E-state index contributed by atoms with van der Waals surface area (Å²) in [5.74, 6) is -0.902. The lowest BCUT2D eigenvalue weighted by atomic mass is 10.1. The maximum absolute atomic E-state index is 10.9. The molecule has 0 bridgehead atoms. The molecule has 0 aliphatic carbocycles. The first kappa shape index (κ1) is 20.5. The average molecular weight is 311 g/mol. The van der Waals surface area contributed by atoms with Gasteiger partial charge in [-0.25, -0.2) is 4.79 Å². The van der Waals surface area contributed by atoms with Crippen molar-refractivity contribution >= 4 is 30.8 Å². The monoisotopic (exact) mass is 310 g/mol. The summed E-state index contributed by atoms with van der Waals surface area (Å²) in [6.07, 6.45) is 0. The highest BCUT2D eigenvalue weighted by Gasteiger charge is 2.07. The number of benzene rings is 1. The van der Waals surface area contributed by atoms with Crippen LogP contribution >= 0.6 is 24.8 Å². The van der Waals surface area contributed by atoms with Crippen molar-refractivity contribution in [3.8, 4) is 0 Å². The standard InChI is InChI=1S/C12H18N2O3.2ClH/c15-8-7-13-5-6-14-9-10-3-1-2-4-11(10)12(16)17;;/h1-4,13-15H,5-9H2,(H,16,17);2*1H. The van der Waals surface area contributed by atoms with Crippen molar-refractivity contribution < 1.29 is 15.0 Å². The lowest BCUT2D eigenvalue weighted by Gasteiger charge is -2.08. The molecule has 0 aliphatic rings. The quantitative estimate of drug-likeness (QED) is 0.536. The van der Waals surface area contributed by atoms with E-state index in [1.165, 1.54) is 0 Å². The molecule has 0 spiro atoms. The molecular weight excluding hydrogens is 291 g/mol. The molecule has 0 amide bonds. The summed E-state index contributed by atoms with van der Waals surface area (Å²) in [6.45, 7) is 2.71. The van der Waals surface area contributed by atoms with Gasteiger partial charge in [-0.1, -0.05) is 18.2 Å². The molecule has 0 aliphatic heterocycles. The Kier molecular flexibility index (Phi) is 13.1. The number of hydrogen-bond donors (Lipinski definition) is 4. The molecular formula is C12H20Cl2N2O3. The van der Waals surface area contributed by atoms with E-state index in [0.717, 1.165) is 18.7 Å². The van der Waals surface area contributed by atoms with Gasteiger partial charge in [-0.15, -0.1) is 24.8 Å². The maximum Gasteiger partial charge on any atom is 0.336 e. The topological polar surface area (TPSA) is 81.6 Å². The summed E-state index contributed by atoms with van der Waals surface area (Å²) in [4.78, 5) is 10.9. The van der Waals surface area contributed by atoms with E-state index < -0.39 is 5.97 Å². The predicted molar refractivity (Wildman–Crippen MR) is 79.6 cm³/mol. The van der Waals surface area contributed by atoms with Crippen LogP contribution in [0, 0.1) is 0 Å². The number of halogens is 2. The highest BCUT2D eigenvalue weighted by molar-refractivity contribution is 5.89. The van der Waals surface area contributed by atoms with Crippen LogP contribution in [0.25, 0.3) is 0 Å². The van der Waals surface area contributed by atoms with Crippen molar-refractivity contribution in [1.29, 1.82) is 0 Å². The first-order valence-electron chi connectivity index (χ1n) is 5.59. The normalized spacial score (nSPS) is 9.32. The molecule has 1 aromatic rings. The van der Waals surface area contributed by atoms with E-state index in [2.05, 4.69) is 10.6 Å². The minimum atomic E-state index is -0.902. The van der Waals surface area contributed by atoms with E-state index in [0.29, 0.717) is 18.7 Å². The Morgan fingerprint density at radius 3 is 2.32 bits per heavy atom. The zero-order valence-electron chi connectivity index (χ0n) is 10.5. The fraction of sp³-hybridized carbons (Fsp3) is 0.417. The van der Waals surface area contributed by atoms with Gasteiger partial charge in [0.25, 0.3) is 0 Å². The van der Waals surface area contributed by atoms with Crippen molar-refractivity contribution in [3.05, 3.63) is 35.4 Å². The summed E-state index contributed by atoms with van der Waals surface area (Å²) in [5, 5.41) is 23.7. The lowest BCUT2D eigenvalue weighted by molar-refractivity contribution is 0.0695.